The summed E-state index contributed by atoms with van der Waals surface area (Å²) < 4.78 is 6.08. The van der Waals surface area contributed by atoms with Crippen LogP contribution in [0.2, 0.25) is 0 Å². The summed E-state index contributed by atoms with van der Waals surface area (Å²) in [5, 5.41) is 3.23. The van der Waals surface area contributed by atoms with Crippen LogP contribution in [0.1, 0.15) is 12.0 Å². The number of carbonyl (C=O) groups is 1. The number of halogens is 1. The third kappa shape index (κ3) is 4.66. The number of hydrogen-bond donors (Lipinski definition) is 2. The standard InChI is InChI=1S/C14H18BrN3O2S/c15-12-9-10(1-2-11(12)14(16)21)17-4-3-13(19)18-5-7-20-8-6-18/h1-2,9,17H,3-8H2,(H2,16,21). The Hall–Kier alpha value is -1.18. The Morgan fingerprint density at radius 1 is 1.43 bits per heavy atom. The van der Waals surface area contributed by atoms with Gasteiger partial charge in [-0.1, -0.05) is 12.2 Å². The lowest BCUT2D eigenvalue weighted by atomic mass is 10.2. The highest BCUT2D eigenvalue weighted by Crippen LogP contribution is 2.21. The highest BCUT2D eigenvalue weighted by molar-refractivity contribution is 9.10. The van der Waals surface area contributed by atoms with Crippen molar-refractivity contribution in [2.75, 3.05) is 38.2 Å². The van der Waals surface area contributed by atoms with Crippen LogP contribution in [0.5, 0.6) is 0 Å². The van der Waals surface area contributed by atoms with Crippen molar-refractivity contribution in [1.82, 2.24) is 4.90 Å². The van der Waals surface area contributed by atoms with E-state index in [0.717, 1.165) is 15.7 Å². The molecule has 0 radical (unpaired) electrons. The maximum absolute atomic E-state index is 12.0. The second kappa shape index (κ2) is 7.72. The van der Waals surface area contributed by atoms with Crippen LogP contribution < -0.4 is 11.1 Å². The third-order valence-electron chi connectivity index (χ3n) is 3.27. The van der Waals surface area contributed by atoms with E-state index < -0.39 is 0 Å². The SMILES string of the molecule is NC(=S)c1ccc(NCCC(=O)N2CCOCC2)cc1Br. The van der Waals surface area contributed by atoms with Crippen molar-refractivity contribution in [2.24, 2.45) is 5.73 Å². The fourth-order valence-electron chi connectivity index (χ4n) is 2.11. The summed E-state index contributed by atoms with van der Waals surface area (Å²) in [6.07, 6.45) is 0.467. The number of amides is 1. The van der Waals surface area contributed by atoms with Gasteiger partial charge in [0.1, 0.15) is 4.99 Å². The molecule has 3 N–H and O–H groups in total. The van der Waals surface area contributed by atoms with Crippen molar-refractivity contribution < 1.29 is 9.53 Å². The molecule has 0 atom stereocenters. The second-order valence-corrected chi connectivity index (χ2v) is 6.02. The molecule has 1 heterocycles. The Morgan fingerprint density at radius 2 is 2.14 bits per heavy atom. The molecule has 0 unspecified atom stereocenters. The lowest BCUT2D eigenvalue weighted by Crippen LogP contribution is -2.41. The van der Waals surface area contributed by atoms with Crippen LogP contribution in [0.15, 0.2) is 22.7 Å². The highest BCUT2D eigenvalue weighted by Gasteiger charge is 2.16. The van der Waals surface area contributed by atoms with E-state index in [-0.39, 0.29) is 5.91 Å². The van der Waals surface area contributed by atoms with Crippen molar-refractivity contribution in [3.8, 4) is 0 Å². The van der Waals surface area contributed by atoms with Crippen LogP contribution in [0.3, 0.4) is 0 Å². The molecule has 1 aromatic rings. The first-order valence-corrected chi connectivity index (χ1v) is 7.97. The monoisotopic (exact) mass is 371 g/mol. The van der Waals surface area contributed by atoms with E-state index in [1.807, 2.05) is 23.1 Å². The van der Waals surface area contributed by atoms with Gasteiger partial charge in [0.15, 0.2) is 0 Å². The van der Waals surface area contributed by atoms with Gasteiger partial charge in [0, 0.05) is 41.8 Å². The molecule has 1 aromatic carbocycles. The molecule has 1 amide bonds. The molecule has 0 bridgehead atoms. The molecular weight excluding hydrogens is 354 g/mol. The van der Waals surface area contributed by atoms with Gasteiger partial charge in [-0.2, -0.15) is 0 Å². The quantitative estimate of drug-likeness (QED) is 0.771. The molecule has 0 aromatic heterocycles. The lowest BCUT2D eigenvalue weighted by Gasteiger charge is -2.26. The van der Waals surface area contributed by atoms with Crippen LogP contribution in [0, 0.1) is 0 Å². The molecule has 0 saturated carbocycles. The molecule has 2 rings (SSSR count). The summed E-state index contributed by atoms with van der Waals surface area (Å²) in [6, 6.07) is 5.67. The van der Waals surface area contributed by atoms with Gasteiger partial charge in [-0.3, -0.25) is 4.79 Å². The fraction of sp³-hybridized carbons (Fsp3) is 0.429. The average molecular weight is 372 g/mol. The van der Waals surface area contributed by atoms with Crippen molar-refractivity contribution in [3.63, 3.8) is 0 Å². The first-order chi connectivity index (χ1) is 10.1. The molecular formula is C14H18BrN3O2S. The molecule has 114 valence electrons. The van der Waals surface area contributed by atoms with E-state index in [9.17, 15) is 4.79 Å². The number of ether oxygens (including phenoxy) is 1. The maximum Gasteiger partial charge on any atom is 0.224 e. The summed E-state index contributed by atoms with van der Waals surface area (Å²) >= 11 is 8.39. The first kappa shape index (κ1) is 16.2. The smallest absolute Gasteiger partial charge is 0.224 e. The van der Waals surface area contributed by atoms with E-state index in [4.69, 9.17) is 22.7 Å². The third-order valence-corrected chi connectivity index (χ3v) is 4.14. The minimum atomic E-state index is 0.157. The molecule has 7 heteroatoms. The number of nitrogens with zero attached hydrogens (tertiary/aromatic N) is 1. The van der Waals surface area contributed by atoms with Crippen molar-refractivity contribution in [1.29, 1.82) is 0 Å². The number of morpholine rings is 1. The predicted molar refractivity (Wildman–Crippen MR) is 90.5 cm³/mol. The predicted octanol–water partition coefficient (Wildman–Crippen LogP) is 1.74. The zero-order chi connectivity index (χ0) is 15.2. The normalized spacial score (nSPS) is 14.8. The van der Waals surface area contributed by atoms with Gasteiger partial charge in [-0.25, -0.2) is 0 Å². The number of nitrogens with one attached hydrogen (secondary N) is 1. The minimum absolute atomic E-state index is 0.157. The number of rotatable bonds is 5. The Bertz CT molecular complexity index is 533. The largest absolute Gasteiger partial charge is 0.389 e. The maximum atomic E-state index is 12.0. The van der Waals surface area contributed by atoms with E-state index >= 15 is 0 Å². The second-order valence-electron chi connectivity index (χ2n) is 4.73. The molecule has 1 aliphatic rings. The number of thiocarbonyl (C=S) groups is 1. The summed E-state index contributed by atoms with van der Waals surface area (Å²) in [7, 11) is 0. The van der Waals surface area contributed by atoms with Gasteiger partial charge in [-0.15, -0.1) is 0 Å². The van der Waals surface area contributed by atoms with Gasteiger partial charge >= 0.3 is 0 Å². The van der Waals surface area contributed by atoms with E-state index in [1.165, 1.54) is 0 Å². The first-order valence-electron chi connectivity index (χ1n) is 6.76. The summed E-state index contributed by atoms with van der Waals surface area (Å²) in [5.74, 6) is 0.157. The van der Waals surface area contributed by atoms with Gasteiger partial charge in [0.25, 0.3) is 0 Å². The van der Waals surface area contributed by atoms with Gasteiger partial charge in [0.05, 0.1) is 13.2 Å². The Balaban J connectivity index is 1.81. The topological polar surface area (TPSA) is 67.6 Å². The highest BCUT2D eigenvalue weighted by atomic mass is 79.9. The molecule has 1 saturated heterocycles. The molecule has 1 aliphatic heterocycles. The molecule has 5 nitrogen and oxygen atoms in total. The number of nitrogens with two attached hydrogens (primary N) is 1. The summed E-state index contributed by atoms with van der Waals surface area (Å²) in [5.41, 5.74) is 7.34. The zero-order valence-corrected chi connectivity index (χ0v) is 14.0. The van der Waals surface area contributed by atoms with E-state index in [1.54, 1.807) is 0 Å². The van der Waals surface area contributed by atoms with Crippen molar-refractivity contribution in [3.05, 3.63) is 28.2 Å². The number of benzene rings is 1. The number of carbonyl (C=O) groups excluding carboxylic acids is 1. The molecule has 0 aliphatic carbocycles. The minimum Gasteiger partial charge on any atom is -0.389 e. The molecule has 0 spiro atoms. The Kier molecular flexibility index (Phi) is 5.96. The van der Waals surface area contributed by atoms with Crippen LogP contribution in [0.4, 0.5) is 5.69 Å². The Morgan fingerprint density at radius 3 is 2.76 bits per heavy atom. The van der Waals surface area contributed by atoms with Crippen LogP contribution in [-0.4, -0.2) is 48.6 Å². The van der Waals surface area contributed by atoms with Crippen LogP contribution in [0.25, 0.3) is 0 Å². The molecule has 21 heavy (non-hydrogen) atoms. The van der Waals surface area contributed by atoms with Crippen molar-refractivity contribution in [2.45, 2.75) is 6.42 Å². The van der Waals surface area contributed by atoms with Gasteiger partial charge < -0.3 is 20.7 Å². The Labute approximate surface area is 137 Å². The van der Waals surface area contributed by atoms with E-state index in [2.05, 4.69) is 21.2 Å². The number of anilines is 1. The fourth-order valence-corrected chi connectivity index (χ4v) is 3.01. The van der Waals surface area contributed by atoms with Crippen molar-refractivity contribution >= 4 is 44.7 Å². The average Bonchev–Trinajstić information content (AvgIpc) is 2.47. The summed E-state index contributed by atoms with van der Waals surface area (Å²) in [4.78, 5) is 14.2. The zero-order valence-electron chi connectivity index (χ0n) is 11.6. The van der Waals surface area contributed by atoms with Crippen LogP contribution >= 0.6 is 28.1 Å². The van der Waals surface area contributed by atoms with Gasteiger partial charge in [0.2, 0.25) is 5.91 Å². The number of hydrogen-bond acceptors (Lipinski definition) is 4. The molecule has 1 fully saturated rings. The van der Waals surface area contributed by atoms with Gasteiger partial charge in [-0.05, 0) is 34.1 Å². The lowest BCUT2D eigenvalue weighted by molar-refractivity contribution is -0.134. The van der Waals surface area contributed by atoms with E-state index in [0.29, 0.717) is 44.3 Å². The van der Waals surface area contributed by atoms with Crippen LogP contribution in [-0.2, 0) is 9.53 Å². The summed E-state index contributed by atoms with van der Waals surface area (Å²) in [6.45, 7) is 3.23.